The number of nitrogens with zero attached hydrogens (tertiary/aromatic N) is 2. The molecule has 0 unspecified atom stereocenters. The fourth-order valence-corrected chi connectivity index (χ4v) is 1.18. The van der Waals surface area contributed by atoms with Crippen LogP contribution in [0, 0.1) is 6.92 Å². The van der Waals surface area contributed by atoms with Crippen LogP contribution >= 0.6 is 0 Å². The van der Waals surface area contributed by atoms with Crippen molar-refractivity contribution in [3.05, 3.63) is 11.9 Å². The number of nitrogens with one attached hydrogen (secondary N) is 2. The molecule has 0 bridgehead atoms. The second-order valence-corrected chi connectivity index (χ2v) is 3.43. The lowest BCUT2D eigenvalue weighted by molar-refractivity contribution is -0.116. The average molecular weight is 223 g/mol. The van der Waals surface area contributed by atoms with Gasteiger partial charge >= 0.3 is 0 Å². The molecule has 0 aromatic carbocycles. The molecule has 16 heavy (non-hydrogen) atoms. The monoisotopic (exact) mass is 223 g/mol. The minimum atomic E-state index is -0.417. The van der Waals surface area contributed by atoms with E-state index in [0.29, 0.717) is 11.6 Å². The van der Waals surface area contributed by atoms with Crippen LogP contribution in [0.5, 0.6) is 0 Å². The van der Waals surface area contributed by atoms with Gasteiger partial charge in [-0.1, -0.05) is 6.92 Å². The van der Waals surface area contributed by atoms with Gasteiger partial charge in [-0.05, 0) is 13.3 Å². The van der Waals surface area contributed by atoms with Gasteiger partial charge in [0.15, 0.2) is 0 Å². The largest absolute Gasteiger partial charge is 0.370 e. The van der Waals surface area contributed by atoms with E-state index in [-0.39, 0.29) is 6.54 Å². The molecule has 6 nitrogen and oxygen atoms in total. The van der Waals surface area contributed by atoms with E-state index in [4.69, 9.17) is 5.73 Å². The van der Waals surface area contributed by atoms with Gasteiger partial charge in [0.2, 0.25) is 5.91 Å². The molecule has 88 valence electrons. The van der Waals surface area contributed by atoms with Crippen molar-refractivity contribution in [1.82, 2.24) is 9.97 Å². The molecule has 0 spiro atoms. The standard InChI is InChI=1S/C10H17N5O/c1-3-4-12-9-5-10(13-6-8(11)16)15-7(2)14-9/h5H,3-4,6H2,1-2H3,(H2,11,16)(H2,12,13,14,15). The molecule has 0 atom stereocenters. The van der Waals surface area contributed by atoms with Gasteiger partial charge in [-0.25, -0.2) is 9.97 Å². The highest BCUT2D eigenvalue weighted by atomic mass is 16.1. The van der Waals surface area contributed by atoms with Crippen LogP contribution in [0.3, 0.4) is 0 Å². The van der Waals surface area contributed by atoms with E-state index in [1.165, 1.54) is 0 Å². The molecule has 0 aliphatic heterocycles. The van der Waals surface area contributed by atoms with E-state index >= 15 is 0 Å². The molecule has 1 heterocycles. The first-order valence-corrected chi connectivity index (χ1v) is 5.23. The molecule has 0 fully saturated rings. The van der Waals surface area contributed by atoms with Gasteiger partial charge in [-0.2, -0.15) is 0 Å². The Labute approximate surface area is 94.7 Å². The van der Waals surface area contributed by atoms with Crippen LogP contribution in [0.4, 0.5) is 11.6 Å². The molecule has 0 aliphatic rings. The SMILES string of the molecule is CCCNc1cc(NCC(N)=O)nc(C)n1. The van der Waals surface area contributed by atoms with Crippen LogP contribution in [0.1, 0.15) is 19.2 Å². The van der Waals surface area contributed by atoms with E-state index in [2.05, 4.69) is 27.5 Å². The molecule has 0 radical (unpaired) electrons. The number of nitrogens with two attached hydrogens (primary N) is 1. The smallest absolute Gasteiger partial charge is 0.236 e. The lowest BCUT2D eigenvalue weighted by Crippen LogP contribution is -2.22. The zero-order chi connectivity index (χ0) is 12.0. The topological polar surface area (TPSA) is 92.9 Å². The van der Waals surface area contributed by atoms with Crippen LogP contribution in [0.2, 0.25) is 0 Å². The number of hydrogen-bond donors (Lipinski definition) is 3. The molecule has 4 N–H and O–H groups in total. The third kappa shape index (κ3) is 4.12. The van der Waals surface area contributed by atoms with Crippen molar-refractivity contribution in [2.24, 2.45) is 5.73 Å². The van der Waals surface area contributed by atoms with Crippen LogP contribution in [0.15, 0.2) is 6.07 Å². The fourth-order valence-electron chi connectivity index (χ4n) is 1.18. The molecule has 1 rings (SSSR count). The average Bonchev–Trinajstić information content (AvgIpc) is 2.23. The van der Waals surface area contributed by atoms with Crippen molar-refractivity contribution in [2.45, 2.75) is 20.3 Å². The van der Waals surface area contributed by atoms with Crippen LogP contribution < -0.4 is 16.4 Å². The minimum Gasteiger partial charge on any atom is -0.370 e. The molecule has 1 amide bonds. The molecule has 1 aromatic heterocycles. The van der Waals surface area contributed by atoms with Crippen molar-refractivity contribution in [3.63, 3.8) is 0 Å². The Morgan fingerprint density at radius 1 is 1.38 bits per heavy atom. The quantitative estimate of drug-likeness (QED) is 0.653. The Kier molecular flexibility index (Phi) is 4.50. The van der Waals surface area contributed by atoms with Crippen molar-refractivity contribution >= 4 is 17.5 Å². The Hall–Kier alpha value is -1.85. The van der Waals surface area contributed by atoms with Gasteiger partial charge < -0.3 is 16.4 Å². The third-order valence-corrected chi connectivity index (χ3v) is 1.84. The second kappa shape index (κ2) is 5.89. The van der Waals surface area contributed by atoms with Crippen molar-refractivity contribution in [2.75, 3.05) is 23.7 Å². The number of primary amides is 1. The third-order valence-electron chi connectivity index (χ3n) is 1.84. The summed E-state index contributed by atoms with van der Waals surface area (Å²) in [4.78, 5) is 19.0. The number of rotatable bonds is 6. The first-order chi connectivity index (χ1) is 7.61. The summed E-state index contributed by atoms with van der Waals surface area (Å²) in [5.41, 5.74) is 5.04. The van der Waals surface area contributed by atoms with Gasteiger partial charge in [0, 0.05) is 12.6 Å². The Morgan fingerprint density at radius 3 is 2.56 bits per heavy atom. The summed E-state index contributed by atoms with van der Waals surface area (Å²) in [5.74, 6) is 1.58. The number of carbonyl (C=O) groups excluding carboxylic acids is 1. The maximum absolute atomic E-state index is 10.6. The molecule has 1 aromatic rings. The number of carbonyl (C=O) groups is 1. The van der Waals surface area contributed by atoms with E-state index in [1.54, 1.807) is 13.0 Å². The highest BCUT2D eigenvalue weighted by molar-refractivity contribution is 5.78. The van der Waals surface area contributed by atoms with Crippen molar-refractivity contribution in [3.8, 4) is 0 Å². The van der Waals surface area contributed by atoms with Crippen LogP contribution in [-0.4, -0.2) is 29.0 Å². The molecular weight excluding hydrogens is 206 g/mol. The highest BCUT2D eigenvalue weighted by Gasteiger charge is 2.02. The summed E-state index contributed by atoms with van der Waals surface area (Å²) in [5, 5.41) is 5.99. The summed E-state index contributed by atoms with van der Waals surface area (Å²) in [6.07, 6.45) is 1.02. The first-order valence-electron chi connectivity index (χ1n) is 5.23. The normalized spacial score (nSPS) is 9.88. The molecule has 6 heteroatoms. The van der Waals surface area contributed by atoms with E-state index in [0.717, 1.165) is 18.8 Å². The van der Waals surface area contributed by atoms with E-state index < -0.39 is 5.91 Å². The summed E-state index contributed by atoms with van der Waals surface area (Å²) >= 11 is 0. The van der Waals surface area contributed by atoms with Gasteiger partial charge in [0.05, 0.1) is 6.54 Å². The minimum absolute atomic E-state index is 0.0731. The van der Waals surface area contributed by atoms with Gasteiger partial charge in [-0.15, -0.1) is 0 Å². The first kappa shape index (κ1) is 12.2. The Bertz CT molecular complexity index is 366. The van der Waals surface area contributed by atoms with Gasteiger partial charge in [0.1, 0.15) is 17.5 Å². The number of amides is 1. The molecule has 0 saturated carbocycles. The number of hydrogen-bond acceptors (Lipinski definition) is 5. The predicted octanol–water partition coefficient (Wildman–Crippen LogP) is 0.504. The highest BCUT2D eigenvalue weighted by Crippen LogP contribution is 2.10. The van der Waals surface area contributed by atoms with Gasteiger partial charge in [0.25, 0.3) is 0 Å². The summed E-state index contributed by atoms with van der Waals surface area (Å²) in [6.45, 7) is 4.80. The maximum atomic E-state index is 10.6. The molecule has 0 saturated heterocycles. The van der Waals surface area contributed by atoms with E-state index in [1.807, 2.05) is 0 Å². The predicted molar refractivity (Wildman–Crippen MR) is 63.2 cm³/mol. The lowest BCUT2D eigenvalue weighted by Gasteiger charge is -2.08. The van der Waals surface area contributed by atoms with Crippen molar-refractivity contribution < 1.29 is 4.79 Å². The lowest BCUT2D eigenvalue weighted by atomic mass is 10.4. The summed E-state index contributed by atoms with van der Waals surface area (Å²) < 4.78 is 0. The number of aromatic nitrogens is 2. The van der Waals surface area contributed by atoms with Crippen LogP contribution in [0.25, 0.3) is 0 Å². The molecular formula is C10H17N5O. The number of aryl methyl sites for hydroxylation is 1. The summed E-state index contributed by atoms with van der Waals surface area (Å²) in [7, 11) is 0. The number of anilines is 2. The zero-order valence-corrected chi connectivity index (χ0v) is 9.58. The molecule has 0 aliphatic carbocycles. The van der Waals surface area contributed by atoms with Crippen LogP contribution in [-0.2, 0) is 4.79 Å². The summed E-state index contributed by atoms with van der Waals surface area (Å²) in [6, 6.07) is 1.76. The van der Waals surface area contributed by atoms with E-state index in [9.17, 15) is 4.79 Å². The Balaban J connectivity index is 2.69. The van der Waals surface area contributed by atoms with Gasteiger partial charge in [-0.3, -0.25) is 4.79 Å². The fraction of sp³-hybridized carbons (Fsp3) is 0.500. The zero-order valence-electron chi connectivity index (χ0n) is 9.58. The maximum Gasteiger partial charge on any atom is 0.236 e. The van der Waals surface area contributed by atoms with Crippen molar-refractivity contribution in [1.29, 1.82) is 0 Å². The second-order valence-electron chi connectivity index (χ2n) is 3.43. The Morgan fingerprint density at radius 2 is 2.00 bits per heavy atom.